The number of carbonyl (C=O) groups is 2. The summed E-state index contributed by atoms with van der Waals surface area (Å²) in [4.78, 5) is 22.2. The highest BCUT2D eigenvalue weighted by molar-refractivity contribution is 5.91. The second-order valence-electron chi connectivity index (χ2n) is 4.49. The Kier molecular flexibility index (Phi) is 5.03. The van der Waals surface area contributed by atoms with Crippen LogP contribution in [0.5, 0.6) is 0 Å². The van der Waals surface area contributed by atoms with Gasteiger partial charge in [-0.2, -0.15) is 0 Å². The number of benzene rings is 1. The Morgan fingerprint density at radius 3 is 2.67 bits per heavy atom. The molecule has 1 aromatic carbocycles. The summed E-state index contributed by atoms with van der Waals surface area (Å²) in [5.74, 6) is -1.14. The van der Waals surface area contributed by atoms with E-state index >= 15 is 0 Å². The normalized spacial score (nSPS) is 10.3. The third-order valence-electron chi connectivity index (χ3n) is 2.85. The van der Waals surface area contributed by atoms with Gasteiger partial charge in [-0.3, -0.25) is 9.59 Å². The van der Waals surface area contributed by atoms with Crippen LogP contribution in [0, 0.1) is 0 Å². The largest absolute Gasteiger partial charge is 0.481 e. The fourth-order valence-electron chi connectivity index (χ4n) is 1.77. The fraction of sp³-hybridized carbons (Fsp3) is 0.286. The van der Waals surface area contributed by atoms with Crippen molar-refractivity contribution in [2.75, 3.05) is 6.54 Å². The van der Waals surface area contributed by atoms with E-state index in [4.69, 9.17) is 5.11 Å². The molecule has 0 radical (unpaired) electrons. The first-order chi connectivity index (χ1) is 10.2. The van der Waals surface area contributed by atoms with Crippen LogP contribution in [-0.2, 0) is 4.79 Å². The minimum absolute atomic E-state index is 0.111. The third kappa shape index (κ3) is 4.41. The summed E-state index contributed by atoms with van der Waals surface area (Å²) in [5, 5.41) is 18.9. The first-order valence-electron chi connectivity index (χ1n) is 6.64. The summed E-state index contributed by atoms with van der Waals surface area (Å²) < 4.78 is 1.53. The molecule has 21 heavy (non-hydrogen) atoms. The lowest BCUT2D eigenvalue weighted by molar-refractivity contribution is -0.137. The Balaban J connectivity index is 1.84. The molecule has 0 bridgehead atoms. The van der Waals surface area contributed by atoms with Crippen LogP contribution in [0.2, 0.25) is 0 Å². The molecule has 2 rings (SSSR count). The predicted molar refractivity (Wildman–Crippen MR) is 75.2 cm³/mol. The van der Waals surface area contributed by atoms with Crippen LogP contribution in [0.25, 0.3) is 5.69 Å². The number of carboxylic acid groups (broad SMARTS) is 1. The van der Waals surface area contributed by atoms with Crippen LogP contribution in [0.3, 0.4) is 0 Å². The van der Waals surface area contributed by atoms with Crippen LogP contribution < -0.4 is 5.32 Å². The molecular formula is C14H16N4O3. The lowest BCUT2D eigenvalue weighted by atomic mass is 10.2. The number of aromatic nitrogens is 3. The van der Waals surface area contributed by atoms with Crippen LogP contribution in [0.1, 0.15) is 29.8 Å². The Labute approximate surface area is 121 Å². The SMILES string of the molecule is O=C(O)CCCCNC(=O)c1cn(-c2ccccc2)nn1. The molecule has 0 saturated carbocycles. The van der Waals surface area contributed by atoms with Crippen molar-refractivity contribution < 1.29 is 14.7 Å². The number of nitrogens with zero attached hydrogens (tertiary/aromatic N) is 3. The number of rotatable bonds is 7. The second kappa shape index (κ2) is 7.18. The summed E-state index contributed by atoms with van der Waals surface area (Å²) in [5.41, 5.74) is 1.06. The van der Waals surface area contributed by atoms with Gasteiger partial charge in [-0.1, -0.05) is 23.4 Å². The van der Waals surface area contributed by atoms with Gasteiger partial charge in [0.1, 0.15) is 0 Å². The zero-order chi connectivity index (χ0) is 15.1. The number of carboxylic acids is 1. The topological polar surface area (TPSA) is 97.1 Å². The Morgan fingerprint density at radius 2 is 1.95 bits per heavy atom. The van der Waals surface area contributed by atoms with Crippen molar-refractivity contribution in [1.29, 1.82) is 0 Å². The maximum atomic E-state index is 11.8. The van der Waals surface area contributed by atoms with Crippen LogP contribution >= 0.6 is 0 Å². The van der Waals surface area contributed by atoms with Gasteiger partial charge in [0.05, 0.1) is 11.9 Å². The lowest BCUT2D eigenvalue weighted by Crippen LogP contribution is -2.24. The molecule has 0 aliphatic rings. The molecule has 2 aromatic rings. The van der Waals surface area contributed by atoms with Crippen molar-refractivity contribution in [3.63, 3.8) is 0 Å². The number of para-hydroxylation sites is 1. The highest BCUT2D eigenvalue weighted by Crippen LogP contribution is 2.05. The highest BCUT2D eigenvalue weighted by Gasteiger charge is 2.10. The van der Waals surface area contributed by atoms with Crippen molar-refractivity contribution >= 4 is 11.9 Å². The molecule has 1 amide bonds. The average molecular weight is 288 g/mol. The minimum Gasteiger partial charge on any atom is -0.481 e. The number of aliphatic carboxylic acids is 1. The zero-order valence-corrected chi connectivity index (χ0v) is 11.4. The van der Waals surface area contributed by atoms with Gasteiger partial charge >= 0.3 is 5.97 Å². The zero-order valence-electron chi connectivity index (χ0n) is 11.4. The highest BCUT2D eigenvalue weighted by atomic mass is 16.4. The molecule has 1 aromatic heterocycles. The van der Waals surface area contributed by atoms with Crippen molar-refractivity contribution in [2.24, 2.45) is 0 Å². The van der Waals surface area contributed by atoms with E-state index < -0.39 is 5.97 Å². The molecule has 1 heterocycles. The summed E-state index contributed by atoms with van der Waals surface area (Å²) in [6.45, 7) is 0.421. The van der Waals surface area contributed by atoms with Gasteiger partial charge in [0, 0.05) is 13.0 Å². The molecule has 0 fully saturated rings. The molecular weight excluding hydrogens is 272 g/mol. The third-order valence-corrected chi connectivity index (χ3v) is 2.85. The molecule has 110 valence electrons. The number of nitrogens with one attached hydrogen (secondary N) is 1. The molecule has 2 N–H and O–H groups in total. The van der Waals surface area contributed by atoms with Gasteiger partial charge in [-0.25, -0.2) is 4.68 Å². The second-order valence-corrected chi connectivity index (χ2v) is 4.49. The average Bonchev–Trinajstić information content (AvgIpc) is 2.97. The Bertz CT molecular complexity index is 610. The smallest absolute Gasteiger partial charge is 0.303 e. The van der Waals surface area contributed by atoms with Crippen molar-refractivity contribution in [3.05, 3.63) is 42.2 Å². The molecule has 7 nitrogen and oxygen atoms in total. The molecule has 0 aliphatic heterocycles. The maximum absolute atomic E-state index is 11.8. The van der Waals surface area contributed by atoms with Gasteiger partial charge in [0.15, 0.2) is 5.69 Å². The van der Waals surface area contributed by atoms with E-state index in [1.807, 2.05) is 30.3 Å². The van der Waals surface area contributed by atoms with E-state index in [1.165, 1.54) is 4.68 Å². The summed E-state index contributed by atoms with van der Waals surface area (Å²) in [7, 11) is 0. The summed E-state index contributed by atoms with van der Waals surface area (Å²) >= 11 is 0. The Morgan fingerprint density at radius 1 is 1.19 bits per heavy atom. The summed E-state index contributed by atoms with van der Waals surface area (Å²) in [6, 6.07) is 9.37. The minimum atomic E-state index is -0.827. The number of amides is 1. The maximum Gasteiger partial charge on any atom is 0.303 e. The molecule has 0 aliphatic carbocycles. The number of hydrogen-bond acceptors (Lipinski definition) is 4. The van der Waals surface area contributed by atoms with E-state index in [0.29, 0.717) is 19.4 Å². The number of hydrogen-bond donors (Lipinski definition) is 2. The molecule has 0 saturated heterocycles. The van der Waals surface area contributed by atoms with Crippen molar-refractivity contribution in [1.82, 2.24) is 20.3 Å². The van der Waals surface area contributed by atoms with E-state index in [2.05, 4.69) is 15.6 Å². The standard InChI is InChI=1S/C14H16N4O3/c19-13(20)8-4-5-9-15-14(21)12-10-18(17-16-12)11-6-2-1-3-7-11/h1-3,6-7,10H,4-5,8-9H2,(H,15,21)(H,19,20). The van der Waals surface area contributed by atoms with Gasteiger partial charge in [-0.05, 0) is 25.0 Å². The van der Waals surface area contributed by atoms with Crippen molar-refractivity contribution in [3.8, 4) is 5.69 Å². The molecule has 0 atom stereocenters. The first-order valence-corrected chi connectivity index (χ1v) is 6.64. The van der Waals surface area contributed by atoms with Crippen molar-refractivity contribution in [2.45, 2.75) is 19.3 Å². The van der Waals surface area contributed by atoms with Crippen LogP contribution in [-0.4, -0.2) is 38.5 Å². The van der Waals surface area contributed by atoms with E-state index in [9.17, 15) is 9.59 Å². The fourth-order valence-corrected chi connectivity index (χ4v) is 1.77. The van der Waals surface area contributed by atoms with Gasteiger partial charge < -0.3 is 10.4 Å². The van der Waals surface area contributed by atoms with E-state index in [-0.39, 0.29) is 18.0 Å². The predicted octanol–water partition coefficient (Wildman–Crippen LogP) is 1.25. The van der Waals surface area contributed by atoms with Gasteiger partial charge in [-0.15, -0.1) is 5.10 Å². The van der Waals surface area contributed by atoms with E-state index in [0.717, 1.165) is 5.69 Å². The monoisotopic (exact) mass is 288 g/mol. The first kappa shape index (κ1) is 14.7. The van der Waals surface area contributed by atoms with Gasteiger partial charge in [0.2, 0.25) is 0 Å². The molecule has 7 heteroatoms. The Hall–Kier alpha value is -2.70. The molecule has 0 unspecified atom stereocenters. The number of unbranched alkanes of at least 4 members (excludes halogenated alkanes) is 1. The van der Waals surface area contributed by atoms with E-state index in [1.54, 1.807) is 6.20 Å². The summed E-state index contributed by atoms with van der Waals surface area (Å²) in [6.07, 6.45) is 2.82. The molecule has 0 spiro atoms. The van der Waals surface area contributed by atoms with Crippen LogP contribution in [0.15, 0.2) is 36.5 Å². The van der Waals surface area contributed by atoms with Gasteiger partial charge in [0.25, 0.3) is 5.91 Å². The number of carbonyl (C=O) groups excluding carboxylic acids is 1. The quantitative estimate of drug-likeness (QED) is 0.747. The lowest BCUT2D eigenvalue weighted by Gasteiger charge is -2.01. The van der Waals surface area contributed by atoms with Crippen LogP contribution in [0.4, 0.5) is 0 Å².